The first-order chi connectivity index (χ1) is 19.0. The maximum Gasteiger partial charge on any atom is 0.411 e. The summed E-state index contributed by atoms with van der Waals surface area (Å²) in [4.78, 5) is 20.6. The number of carbonyl (C=O) groups is 1. The number of benzene rings is 4. The maximum atomic E-state index is 12.5. The van der Waals surface area contributed by atoms with Crippen LogP contribution < -0.4 is 10.6 Å². The number of hydrogen-bond acceptors (Lipinski definition) is 4. The van der Waals surface area contributed by atoms with Crippen LogP contribution in [0.25, 0.3) is 33.1 Å². The second kappa shape index (κ2) is 10.7. The van der Waals surface area contributed by atoms with Gasteiger partial charge in [-0.15, -0.1) is 0 Å². The number of nitrogens with one attached hydrogen (secondary N) is 3. The Morgan fingerprint density at radius 3 is 2.15 bits per heavy atom. The largest absolute Gasteiger partial charge is 0.444 e. The lowest BCUT2D eigenvalue weighted by Gasteiger charge is -2.16. The molecule has 0 atom stereocenters. The van der Waals surface area contributed by atoms with Crippen molar-refractivity contribution in [2.75, 3.05) is 10.6 Å². The molecule has 6 nitrogen and oxygen atoms in total. The number of hydrogen-bond donors (Lipinski definition) is 3. The Labute approximate surface area is 234 Å². The standard InChI is InChI=1S/C31H22Cl2N4O2/c32-21-15-22(33)17-24(16-21)36-31(38)39-18-19-12-20(27-10-5-11-34-27)14-23(13-19)35-30-25-6-1-3-8-28(25)37-29-9-4-2-7-26(29)30/h1-17,34H,18H2,(H,35,37)(H,36,38). The van der Waals surface area contributed by atoms with Crippen LogP contribution in [0.4, 0.5) is 21.9 Å². The van der Waals surface area contributed by atoms with Gasteiger partial charge in [-0.05, 0) is 66.2 Å². The molecule has 0 saturated carbocycles. The van der Waals surface area contributed by atoms with Crippen LogP contribution in [0.1, 0.15) is 5.56 Å². The molecular formula is C31H22Cl2N4O2. The minimum Gasteiger partial charge on any atom is -0.444 e. The maximum absolute atomic E-state index is 12.5. The van der Waals surface area contributed by atoms with Crippen molar-refractivity contribution in [3.05, 3.63) is 119 Å². The third-order valence-corrected chi connectivity index (χ3v) is 6.67. The van der Waals surface area contributed by atoms with Gasteiger partial charge in [-0.3, -0.25) is 5.32 Å². The highest BCUT2D eigenvalue weighted by Gasteiger charge is 2.12. The van der Waals surface area contributed by atoms with Crippen LogP contribution in [0.15, 0.2) is 103 Å². The van der Waals surface area contributed by atoms with E-state index in [0.29, 0.717) is 15.7 Å². The van der Waals surface area contributed by atoms with Gasteiger partial charge in [-0.1, -0.05) is 59.6 Å². The first-order valence-electron chi connectivity index (χ1n) is 12.2. The summed E-state index contributed by atoms with van der Waals surface area (Å²) in [6.45, 7) is 0.0567. The van der Waals surface area contributed by atoms with Gasteiger partial charge < -0.3 is 15.0 Å². The highest BCUT2D eigenvalue weighted by molar-refractivity contribution is 6.35. The first kappa shape index (κ1) is 24.8. The van der Waals surface area contributed by atoms with Gasteiger partial charge in [-0.2, -0.15) is 0 Å². The molecule has 0 radical (unpaired) electrons. The van der Waals surface area contributed by atoms with Gasteiger partial charge in [0, 0.05) is 49.6 Å². The minimum absolute atomic E-state index is 0.0567. The SMILES string of the molecule is O=C(Nc1cc(Cl)cc(Cl)c1)OCc1cc(Nc2c3ccccc3nc3ccccc23)cc(-c2ccc[nH]2)c1. The van der Waals surface area contributed by atoms with Crippen LogP contribution in [0.2, 0.25) is 10.0 Å². The van der Waals surface area contributed by atoms with Gasteiger partial charge in [0.05, 0.1) is 16.7 Å². The average molecular weight is 553 g/mol. The summed E-state index contributed by atoms with van der Waals surface area (Å²) in [5, 5.41) is 9.17. The summed E-state index contributed by atoms with van der Waals surface area (Å²) < 4.78 is 5.55. The third kappa shape index (κ3) is 5.53. The van der Waals surface area contributed by atoms with Crippen molar-refractivity contribution < 1.29 is 9.53 Å². The van der Waals surface area contributed by atoms with E-state index < -0.39 is 6.09 Å². The van der Waals surface area contributed by atoms with E-state index >= 15 is 0 Å². The second-order valence-electron chi connectivity index (χ2n) is 9.01. The van der Waals surface area contributed by atoms with Crippen molar-refractivity contribution in [1.82, 2.24) is 9.97 Å². The zero-order chi connectivity index (χ0) is 26.8. The fourth-order valence-corrected chi connectivity index (χ4v) is 5.09. The molecule has 3 N–H and O–H groups in total. The van der Waals surface area contributed by atoms with Crippen LogP contribution >= 0.6 is 23.2 Å². The van der Waals surface area contributed by atoms with E-state index in [9.17, 15) is 4.79 Å². The number of aromatic nitrogens is 2. The van der Waals surface area contributed by atoms with E-state index in [-0.39, 0.29) is 6.61 Å². The van der Waals surface area contributed by atoms with Crippen molar-refractivity contribution >= 4 is 68.2 Å². The molecule has 0 aliphatic rings. The number of pyridine rings is 1. The molecule has 192 valence electrons. The number of H-pyrrole nitrogens is 1. The molecule has 0 aliphatic carbocycles. The van der Waals surface area contributed by atoms with E-state index in [1.807, 2.05) is 66.9 Å². The molecule has 0 bridgehead atoms. The van der Waals surface area contributed by atoms with Crippen molar-refractivity contribution in [2.45, 2.75) is 6.61 Å². The Morgan fingerprint density at radius 2 is 1.49 bits per heavy atom. The fourth-order valence-electron chi connectivity index (χ4n) is 4.56. The van der Waals surface area contributed by atoms with E-state index in [1.165, 1.54) is 0 Å². The number of amides is 1. The Morgan fingerprint density at radius 1 is 0.795 bits per heavy atom. The molecule has 2 aromatic heterocycles. The minimum atomic E-state index is -0.612. The van der Waals surface area contributed by atoms with Gasteiger partial charge in [0.25, 0.3) is 0 Å². The van der Waals surface area contributed by atoms with Crippen LogP contribution in [-0.4, -0.2) is 16.1 Å². The number of para-hydroxylation sites is 2. The quantitative estimate of drug-likeness (QED) is 0.180. The smallest absolute Gasteiger partial charge is 0.411 e. The fraction of sp³-hybridized carbons (Fsp3) is 0.0323. The number of halogens is 2. The molecule has 2 heterocycles. The molecule has 6 aromatic rings. The summed E-state index contributed by atoms with van der Waals surface area (Å²) in [5.74, 6) is 0. The summed E-state index contributed by atoms with van der Waals surface area (Å²) in [5.41, 5.74) is 6.78. The number of carbonyl (C=O) groups excluding carboxylic acids is 1. The lowest BCUT2D eigenvalue weighted by atomic mass is 10.0. The van der Waals surface area contributed by atoms with Crippen molar-refractivity contribution in [1.29, 1.82) is 0 Å². The summed E-state index contributed by atoms with van der Waals surface area (Å²) >= 11 is 12.1. The van der Waals surface area contributed by atoms with E-state index in [0.717, 1.165) is 50.0 Å². The Balaban J connectivity index is 1.33. The number of ether oxygens (including phenoxy) is 1. The van der Waals surface area contributed by atoms with Gasteiger partial charge in [0.1, 0.15) is 6.61 Å². The molecule has 0 saturated heterocycles. The molecule has 8 heteroatoms. The third-order valence-electron chi connectivity index (χ3n) is 6.24. The summed E-state index contributed by atoms with van der Waals surface area (Å²) in [6, 6.07) is 30.9. The Hall–Kier alpha value is -4.52. The average Bonchev–Trinajstić information content (AvgIpc) is 3.47. The molecular weight excluding hydrogens is 531 g/mol. The van der Waals surface area contributed by atoms with Crippen molar-refractivity contribution in [2.24, 2.45) is 0 Å². The normalized spacial score (nSPS) is 11.0. The highest BCUT2D eigenvalue weighted by atomic mass is 35.5. The van der Waals surface area contributed by atoms with E-state index in [1.54, 1.807) is 18.2 Å². The predicted molar refractivity (Wildman–Crippen MR) is 159 cm³/mol. The molecule has 6 rings (SSSR count). The molecule has 39 heavy (non-hydrogen) atoms. The van der Waals surface area contributed by atoms with Crippen molar-refractivity contribution in [3.8, 4) is 11.3 Å². The highest BCUT2D eigenvalue weighted by Crippen LogP contribution is 2.34. The topological polar surface area (TPSA) is 79.0 Å². The Kier molecular flexibility index (Phi) is 6.80. The Bertz CT molecular complexity index is 1750. The molecule has 0 fully saturated rings. The van der Waals surface area contributed by atoms with Crippen LogP contribution in [0, 0.1) is 0 Å². The number of rotatable bonds is 6. The predicted octanol–water partition coefficient (Wildman–Crippen LogP) is 9.18. The first-order valence-corrected chi connectivity index (χ1v) is 13.0. The molecule has 0 aliphatic heterocycles. The lowest BCUT2D eigenvalue weighted by molar-refractivity contribution is 0.155. The monoisotopic (exact) mass is 552 g/mol. The molecule has 0 unspecified atom stereocenters. The van der Waals surface area contributed by atoms with Crippen LogP contribution in [-0.2, 0) is 11.3 Å². The summed E-state index contributed by atoms with van der Waals surface area (Å²) in [6.07, 6.45) is 1.26. The number of anilines is 3. The number of aromatic amines is 1. The van der Waals surface area contributed by atoms with Crippen molar-refractivity contribution in [3.63, 3.8) is 0 Å². The van der Waals surface area contributed by atoms with E-state index in [2.05, 4.69) is 33.8 Å². The van der Waals surface area contributed by atoms with Gasteiger partial charge in [-0.25, -0.2) is 9.78 Å². The zero-order valence-corrected chi connectivity index (χ0v) is 22.1. The molecule has 1 amide bonds. The summed E-state index contributed by atoms with van der Waals surface area (Å²) in [7, 11) is 0. The zero-order valence-electron chi connectivity index (χ0n) is 20.5. The van der Waals surface area contributed by atoms with Crippen LogP contribution in [0.5, 0.6) is 0 Å². The molecule has 0 spiro atoms. The van der Waals surface area contributed by atoms with Crippen LogP contribution in [0.3, 0.4) is 0 Å². The molecule has 4 aromatic carbocycles. The number of fused-ring (bicyclic) bond motifs is 2. The van der Waals surface area contributed by atoms with E-state index in [4.69, 9.17) is 32.9 Å². The van der Waals surface area contributed by atoms with Gasteiger partial charge in [0.2, 0.25) is 0 Å². The van der Waals surface area contributed by atoms with Gasteiger partial charge >= 0.3 is 6.09 Å². The second-order valence-corrected chi connectivity index (χ2v) is 9.88. The lowest BCUT2D eigenvalue weighted by Crippen LogP contribution is -2.13. The number of nitrogens with zero attached hydrogens (tertiary/aromatic N) is 1. The van der Waals surface area contributed by atoms with Gasteiger partial charge in [0.15, 0.2) is 0 Å².